The van der Waals surface area contributed by atoms with Gasteiger partial charge in [0.2, 0.25) is 0 Å². The van der Waals surface area contributed by atoms with Crippen LogP contribution in [0.4, 0.5) is 0 Å². The van der Waals surface area contributed by atoms with E-state index in [2.05, 4.69) is 41.3 Å². The van der Waals surface area contributed by atoms with Gasteiger partial charge >= 0.3 is 0 Å². The van der Waals surface area contributed by atoms with Crippen molar-refractivity contribution in [2.24, 2.45) is 5.10 Å². The molecule has 0 radical (unpaired) electrons. The lowest BCUT2D eigenvalue weighted by Gasteiger charge is -2.20. The topological polar surface area (TPSA) is 24.8 Å². The van der Waals surface area contributed by atoms with Gasteiger partial charge < -0.3 is 4.74 Å². The van der Waals surface area contributed by atoms with Gasteiger partial charge in [-0.3, -0.25) is 5.01 Å². The molecule has 0 amide bonds. The van der Waals surface area contributed by atoms with E-state index in [4.69, 9.17) is 4.74 Å². The molecule has 0 unspecified atom stereocenters. The van der Waals surface area contributed by atoms with Crippen LogP contribution in [0.15, 0.2) is 40.3 Å². The first-order chi connectivity index (χ1) is 9.29. The number of thioether (sulfide) groups is 1. The van der Waals surface area contributed by atoms with Crippen LogP contribution >= 0.6 is 11.8 Å². The lowest BCUT2D eigenvalue weighted by atomic mass is 10.2. The lowest BCUT2D eigenvalue weighted by Crippen LogP contribution is -2.28. The van der Waals surface area contributed by atoms with E-state index < -0.39 is 0 Å². The van der Waals surface area contributed by atoms with E-state index in [0.29, 0.717) is 11.3 Å². The third-order valence-corrected chi connectivity index (χ3v) is 4.23. The van der Waals surface area contributed by atoms with Gasteiger partial charge in [-0.2, -0.15) is 5.10 Å². The first kappa shape index (κ1) is 14.4. The number of methoxy groups -OCH3 is 1. The largest absolute Gasteiger partial charge is 0.382 e. The Kier molecular flexibility index (Phi) is 5.73. The minimum Gasteiger partial charge on any atom is -0.382 e. The van der Waals surface area contributed by atoms with Crippen molar-refractivity contribution in [3.63, 3.8) is 0 Å². The maximum absolute atomic E-state index is 5.24. The van der Waals surface area contributed by atoms with Crippen LogP contribution in [0.3, 0.4) is 0 Å². The van der Waals surface area contributed by atoms with Crippen molar-refractivity contribution in [3.05, 3.63) is 30.3 Å². The predicted molar refractivity (Wildman–Crippen MR) is 81.9 cm³/mol. The van der Waals surface area contributed by atoms with Gasteiger partial charge in [-0.05, 0) is 31.9 Å². The van der Waals surface area contributed by atoms with Crippen LogP contribution in [0.2, 0.25) is 0 Å². The number of benzene rings is 1. The highest BCUT2D eigenvalue weighted by Crippen LogP contribution is 2.22. The summed E-state index contributed by atoms with van der Waals surface area (Å²) in [4.78, 5) is 1.29. The molecule has 2 atom stereocenters. The molecule has 0 N–H and O–H groups in total. The standard InChI is InChI=1S/C15H22N2OS/c1-13(19-15-8-4-3-5-9-15)11-16-17-10-6-7-14(17)12-18-2/h3-5,8-9,11,13-14H,6-7,10,12H2,1-2H3/b16-11+/t13-,14-/m0/s1. The fourth-order valence-corrected chi connectivity index (χ4v) is 3.12. The van der Waals surface area contributed by atoms with Crippen molar-refractivity contribution in [3.8, 4) is 0 Å². The summed E-state index contributed by atoms with van der Waals surface area (Å²) in [7, 11) is 1.76. The molecule has 0 saturated carbocycles. The Bertz CT molecular complexity index is 396. The quantitative estimate of drug-likeness (QED) is 0.590. The second-order valence-corrected chi connectivity index (χ2v) is 6.27. The average molecular weight is 278 g/mol. The number of hydrogen-bond acceptors (Lipinski definition) is 4. The molecule has 4 heteroatoms. The normalized spacial score (nSPS) is 21.2. The summed E-state index contributed by atoms with van der Waals surface area (Å²) in [6.45, 7) is 4.01. The van der Waals surface area contributed by atoms with Crippen LogP contribution in [0.25, 0.3) is 0 Å². The number of hydrazone groups is 1. The highest BCUT2D eigenvalue weighted by Gasteiger charge is 2.22. The van der Waals surface area contributed by atoms with E-state index in [1.807, 2.05) is 24.0 Å². The Morgan fingerprint density at radius 3 is 3.00 bits per heavy atom. The van der Waals surface area contributed by atoms with Crippen LogP contribution < -0.4 is 0 Å². The zero-order valence-electron chi connectivity index (χ0n) is 11.7. The minimum absolute atomic E-state index is 0.381. The van der Waals surface area contributed by atoms with Crippen molar-refractivity contribution >= 4 is 18.0 Å². The van der Waals surface area contributed by atoms with Gasteiger partial charge in [0, 0.05) is 30.0 Å². The van der Waals surface area contributed by atoms with Gasteiger partial charge in [0.1, 0.15) is 0 Å². The van der Waals surface area contributed by atoms with Crippen LogP contribution in [-0.2, 0) is 4.74 Å². The average Bonchev–Trinajstić information content (AvgIpc) is 2.85. The Balaban J connectivity index is 1.84. The fourth-order valence-electron chi connectivity index (χ4n) is 2.26. The monoisotopic (exact) mass is 278 g/mol. The maximum Gasteiger partial charge on any atom is 0.0704 e. The Morgan fingerprint density at radius 1 is 1.47 bits per heavy atom. The van der Waals surface area contributed by atoms with E-state index in [-0.39, 0.29) is 0 Å². The molecular formula is C15H22N2OS. The van der Waals surface area contributed by atoms with E-state index in [9.17, 15) is 0 Å². The SMILES string of the molecule is COC[C@@H]1CCCN1/N=C/[C@H](C)Sc1ccccc1. The second kappa shape index (κ2) is 7.56. The molecule has 1 saturated heterocycles. The highest BCUT2D eigenvalue weighted by atomic mass is 32.2. The van der Waals surface area contributed by atoms with Gasteiger partial charge in [-0.15, -0.1) is 11.8 Å². The molecule has 1 aromatic carbocycles. The number of nitrogens with zero attached hydrogens (tertiary/aromatic N) is 2. The zero-order chi connectivity index (χ0) is 13.5. The second-order valence-electron chi connectivity index (χ2n) is 4.82. The van der Waals surface area contributed by atoms with Crippen molar-refractivity contribution in [1.29, 1.82) is 0 Å². The molecule has 1 aliphatic heterocycles. The molecular weight excluding hydrogens is 256 g/mol. The molecule has 0 bridgehead atoms. The molecule has 104 valence electrons. The molecule has 19 heavy (non-hydrogen) atoms. The van der Waals surface area contributed by atoms with Gasteiger partial charge in [-0.25, -0.2) is 0 Å². The van der Waals surface area contributed by atoms with Gasteiger partial charge in [0.15, 0.2) is 0 Å². The molecule has 1 aliphatic rings. The lowest BCUT2D eigenvalue weighted by molar-refractivity contribution is 0.118. The summed E-state index contributed by atoms with van der Waals surface area (Å²) >= 11 is 1.83. The Morgan fingerprint density at radius 2 is 2.26 bits per heavy atom. The van der Waals surface area contributed by atoms with Gasteiger partial charge in [0.25, 0.3) is 0 Å². The first-order valence-electron chi connectivity index (χ1n) is 6.81. The molecule has 0 spiro atoms. The summed E-state index contributed by atoms with van der Waals surface area (Å²) in [5.41, 5.74) is 0. The zero-order valence-corrected chi connectivity index (χ0v) is 12.5. The van der Waals surface area contributed by atoms with Crippen molar-refractivity contribution in [1.82, 2.24) is 5.01 Å². The molecule has 1 heterocycles. The van der Waals surface area contributed by atoms with E-state index in [0.717, 1.165) is 13.2 Å². The Hall–Kier alpha value is -1.00. The molecule has 1 fully saturated rings. The predicted octanol–water partition coefficient (Wildman–Crippen LogP) is 3.26. The van der Waals surface area contributed by atoms with E-state index >= 15 is 0 Å². The van der Waals surface area contributed by atoms with Crippen molar-refractivity contribution in [2.75, 3.05) is 20.3 Å². The summed E-state index contributed by atoms with van der Waals surface area (Å²) < 4.78 is 5.24. The van der Waals surface area contributed by atoms with Crippen LogP contribution in [-0.4, -0.2) is 42.8 Å². The number of hydrogen-bond donors (Lipinski definition) is 0. The molecule has 0 aromatic heterocycles. The molecule has 1 aromatic rings. The third kappa shape index (κ3) is 4.55. The van der Waals surface area contributed by atoms with Crippen molar-refractivity contribution in [2.45, 2.75) is 36.0 Å². The van der Waals surface area contributed by atoms with Gasteiger partial charge in [0.05, 0.1) is 12.6 Å². The fraction of sp³-hybridized carbons (Fsp3) is 0.533. The molecule has 3 nitrogen and oxygen atoms in total. The summed E-state index contributed by atoms with van der Waals surface area (Å²) in [5, 5.41) is 7.18. The van der Waals surface area contributed by atoms with E-state index in [1.54, 1.807) is 7.11 Å². The van der Waals surface area contributed by atoms with E-state index in [1.165, 1.54) is 17.7 Å². The third-order valence-electron chi connectivity index (χ3n) is 3.20. The van der Waals surface area contributed by atoms with Gasteiger partial charge in [-0.1, -0.05) is 18.2 Å². The summed E-state index contributed by atoms with van der Waals surface area (Å²) in [5.74, 6) is 0. The Labute approximate surface area is 120 Å². The smallest absolute Gasteiger partial charge is 0.0704 e. The summed E-state index contributed by atoms with van der Waals surface area (Å²) in [6, 6.07) is 10.9. The minimum atomic E-state index is 0.381. The number of rotatable bonds is 6. The van der Waals surface area contributed by atoms with Crippen LogP contribution in [0.5, 0.6) is 0 Å². The molecule has 2 rings (SSSR count). The van der Waals surface area contributed by atoms with Crippen molar-refractivity contribution < 1.29 is 4.74 Å². The van der Waals surface area contributed by atoms with Crippen LogP contribution in [0, 0.1) is 0 Å². The highest BCUT2D eigenvalue weighted by molar-refractivity contribution is 8.00. The van der Waals surface area contributed by atoms with Crippen LogP contribution in [0.1, 0.15) is 19.8 Å². The summed E-state index contributed by atoms with van der Waals surface area (Å²) in [6.07, 6.45) is 4.45. The maximum atomic E-state index is 5.24. The first-order valence-corrected chi connectivity index (χ1v) is 7.69. The molecule has 0 aliphatic carbocycles. The number of ether oxygens (including phenoxy) is 1.